The number of nitrogens with zero attached hydrogens (tertiary/aromatic N) is 1. The molecule has 0 saturated carbocycles. The summed E-state index contributed by atoms with van der Waals surface area (Å²) in [5.74, 6) is -0.445. The smallest absolute Gasteiger partial charge is 0.262 e. The first-order chi connectivity index (χ1) is 16.2. The van der Waals surface area contributed by atoms with E-state index in [9.17, 15) is 17.6 Å². The fraction of sp³-hybridized carbons (Fsp3) is 0.320. The van der Waals surface area contributed by atoms with Gasteiger partial charge in [-0.05, 0) is 50.2 Å². The van der Waals surface area contributed by atoms with Crippen molar-refractivity contribution in [3.05, 3.63) is 60.7 Å². The van der Waals surface area contributed by atoms with Gasteiger partial charge in [0.1, 0.15) is 6.67 Å². The number of alkyl halides is 1. The molecule has 7 nitrogen and oxygen atoms in total. The van der Waals surface area contributed by atoms with Gasteiger partial charge in [-0.25, -0.2) is 12.8 Å². The number of hydrogen-bond acceptors (Lipinski definition) is 5. The molecule has 0 spiro atoms. The molecule has 0 atom stereocenters. The van der Waals surface area contributed by atoms with Crippen LogP contribution >= 0.6 is 0 Å². The van der Waals surface area contributed by atoms with Crippen LogP contribution in [0.5, 0.6) is 0 Å². The number of anilines is 3. The van der Waals surface area contributed by atoms with Gasteiger partial charge in [0.15, 0.2) is 0 Å². The van der Waals surface area contributed by atoms with Crippen molar-refractivity contribution in [2.24, 2.45) is 5.41 Å². The number of sulfonamides is 1. The minimum absolute atomic E-state index is 0.198. The van der Waals surface area contributed by atoms with Crippen LogP contribution in [-0.4, -0.2) is 47.2 Å². The molecule has 0 aromatic heterocycles. The predicted molar refractivity (Wildman–Crippen MR) is 135 cm³/mol. The van der Waals surface area contributed by atoms with Crippen LogP contribution in [0, 0.1) is 5.41 Å². The first-order valence-corrected chi connectivity index (χ1v) is 12.7. The largest absolute Gasteiger partial charge is 0.368 e. The van der Waals surface area contributed by atoms with Gasteiger partial charge >= 0.3 is 0 Å². The number of rotatable bonds is 7. The quantitative estimate of drug-likeness (QED) is 0.472. The summed E-state index contributed by atoms with van der Waals surface area (Å²) in [6.07, 6.45) is 0. The van der Waals surface area contributed by atoms with Crippen LogP contribution in [0.15, 0.2) is 65.6 Å². The van der Waals surface area contributed by atoms with Crippen LogP contribution < -0.4 is 20.3 Å². The highest BCUT2D eigenvalue weighted by molar-refractivity contribution is 7.93. The molecule has 3 N–H and O–H groups in total. The number of halogens is 1. The minimum Gasteiger partial charge on any atom is -0.368 e. The molecule has 4 rings (SSSR count). The Morgan fingerprint density at radius 3 is 2.26 bits per heavy atom. The molecule has 1 saturated heterocycles. The van der Waals surface area contributed by atoms with E-state index < -0.39 is 28.0 Å². The molecule has 3 aromatic rings. The number of carbonyl (C=O) groups excluding carboxylic acids is 1. The Bertz CT molecular complexity index is 1290. The number of carbonyl (C=O) groups is 1. The maximum absolute atomic E-state index is 13.3. The van der Waals surface area contributed by atoms with Gasteiger partial charge < -0.3 is 15.5 Å². The summed E-state index contributed by atoms with van der Waals surface area (Å²) in [5.41, 5.74) is 0.698. The van der Waals surface area contributed by atoms with Crippen LogP contribution in [0.1, 0.15) is 13.8 Å². The Balaban J connectivity index is 1.58. The Hall–Kier alpha value is -3.17. The van der Waals surface area contributed by atoms with Gasteiger partial charge in [-0.2, -0.15) is 0 Å². The van der Waals surface area contributed by atoms with E-state index in [1.54, 1.807) is 36.4 Å². The Morgan fingerprint density at radius 2 is 1.59 bits per heavy atom. The van der Waals surface area contributed by atoms with Crippen molar-refractivity contribution in [1.29, 1.82) is 0 Å². The Morgan fingerprint density at radius 1 is 0.971 bits per heavy atom. The van der Waals surface area contributed by atoms with E-state index >= 15 is 0 Å². The molecule has 1 aliphatic rings. The highest BCUT2D eigenvalue weighted by atomic mass is 32.2. The lowest BCUT2D eigenvalue weighted by molar-refractivity contribution is -0.124. The first-order valence-electron chi connectivity index (χ1n) is 11.2. The molecule has 0 bridgehead atoms. The van der Waals surface area contributed by atoms with Gasteiger partial charge in [0.2, 0.25) is 5.91 Å². The molecular weight excluding hydrogens is 455 g/mol. The second-order valence-corrected chi connectivity index (χ2v) is 10.7. The standard InChI is InChI=1S/C25H29FN4O3S/c1-25(2,17-26)24(31)28-18-9-11-19(12-10-18)29-34(32,33)23-8-4-5-20-21(23)6-3-7-22(20)30-15-13-27-14-16-30/h3-12,27,29H,13-17H2,1-2H3,(H,28,31). The summed E-state index contributed by atoms with van der Waals surface area (Å²) in [4.78, 5) is 14.6. The van der Waals surface area contributed by atoms with Crippen molar-refractivity contribution in [3.63, 3.8) is 0 Å². The molecule has 0 radical (unpaired) electrons. The fourth-order valence-corrected chi connectivity index (χ4v) is 5.15. The lowest BCUT2D eigenvalue weighted by atomic mass is 9.94. The van der Waals surface area contributed by atoms with Crippen LogP contribution in [0.2, 0.25) is 0 Å². The molecule has 1 amide bonds. The number of fused-ring (bicyclic) bond motifs is 1. The summed E-state index contributed by atoms with van der Waals surface area (Å²) in [7, 11) is -3.87. The van der Waals surface area contributed by atoms with Crippen LogP contribution in [0.4, 0.5) is 21.5 Å². The summed E-state index contributed by atoms with van der Waals surface area (Å²) >= 11 is 0. The lowest BCUT2D eigenvalue weighted by Gasteiger charge is -2.30. The molecule has 0 unspecified atom stereocenters. The molecule has 9 heteroatoms. The van der Waals surface area contributed by atoms with Gasteiger partial charge in [0.05, 0.1) is 10.3 Å². The minimum atomic E-state index is -3.87. The van der Waals surface area contributed by atoms with Gasteiger partial charge in [-0.3, -0.25) is 9.52 Å². The monoisotopic (exact) mass is 484 g/mol. The van der Waals surface area contributed by atoms with E-state index in [4.69, 9.17) is 0 Å². The van der Waals surface area contributed by atoms with E-state index in [1.165, 1.54) is 13.8 Å². The average Bonchev–Trinajstić information content (AvgIpc) is 2.84. The number of piperazine rings is 1. The summed E-state index contributed by atoms with van der Waals surface area (Å²) < 4.78 is 42.2. The molecule has 180 valence electrons. The van der Waals surface area contributed by atoms with Crippen molar-refractivity contribution in [3.8, 4) is 0 Å². The highest BCUT2D eigenvalue weighted by Gasteiger charge is 2.27. The molecule has 1 heterocycles. The van der Waals surface area contributed by atoms with Crippen molar-refractivity contribution >= 4 is 43.8 Å². The molecular formula is C25H29FN4O3S. The zero-order valence-electron chi connectivity index (χ0n) is 19.3. The van der Waals surface area contributed by atoms with Crippen molar-refractivity contribution < 1.29 is 17.6 Å². The second kappa shape index (κ2) is 9.60. The molecule has 0 aliphatic carbocycles. The second-order valence-electron chi connectivity index (χ2n) is 9.02. The topological polar surface area (TPSA) is 90.5 Å². The molecule has 3 aromatic carbocycles. The summed E-state index contributed by atoms with van der Waals surface area (Å²) in [6, 6.07) is 17.3. The van der Waals surface area contributed by atoms with Gasteiger partial charge in [0, 0.05) is 54.0 Å². The van der Waals surface area contributed by atoms with Gasteiger partial charge in [0.25, 0.3) is 10.0 Å². The Kier molecular flexibility index (Phi) is 6.77. The predicted octanol–water partition coefficient (Wildman–Crippen LogP) is 3.98. The molecule has 1 fully saturated rings. The van der Waals surface area contributed by atoms with Gasteiger partial charge in [-0.15, -0.1) is 0 Å². The summed E-state index contributed by atoms with van der Waals surface area (Å²) in [5, 5.41) is 7.53. The zero-order chi connectivity index (χ0) is 24.3. The lowest BCUT2D eigenvalue weighted by Crippen LogP contribution is -2.43. The maximum Gasteiger partial charge on any atom is 0.262 e. The van der Waals surface area contributed by atoms with Crippen LogP contribution in [-0.2, 0) is 14.8 Å². The Labute approximate surface area is 199 Å². The van der Waals surface area contributed by atoms with E-state index in [0.717, 1.165) is 37.3 Å². The van der Waals surface area contributed by atoms with Crippen molar-refractivity contribution in [1.82, 2.24) is 5.32 Å². The van der Waals surface area contributed by atoms with Gasteiger partial charge in [-0.1, -0.05) is 24.3 Å². The first kappa shape index (κ1) is 24.0. The third-order valence-electron chi connectivity index (χ3n) is 5.95. The zero-order valence-corrected chi connectivity index (χ0v) is 20.1. The van der Waals surface area contributed by atoms with E-state index in [-0.39, 0.29) is 4.90 Å². The number of hydrogen-bond donors (Lipinski definition) is 3. The van der Waals surface area contributed by atoms with Crippen LogP contribution in [0.3, 0.4) is 0 Å². The normalized spacial score (nSPS) is 14.7. The fourth-order valence-electron chi connectivity index (χ4n) is 3.87. The summed E-state index contributed by atoms with van der Waals surface area (Å²) in [6.45, 7) is 5.75. The van der Waals surface area contributed by atoms with E-state index in [1.807, 2.05) is 24.3 Å². The SMILES string of the molecule is CC(C)(CF)C(=O)Nc1ccc(NS(=O)(=O)c2cccc3c(N4CCNCC4)cccc23)cc1. The van der Waals surface area contributed by atoms with E-state index in [0.29, 0.717) is 16.8 Å². The maximum atomic E-state index is 13.3. The number of amides is 1. The average molecular weight is 485 g/mol. The van der Waals surface area contributed by atoms with Crippen molar-refractivity contribution in [2.45, 2.75) is 18.7 Å². The number of benzene rings is 3. The molecule has 1 aliphatic heterocycles. The van der Waals surface area contributed by atoms with Crippen LogP contribution in [0.25, 0.3) is 10.8 Å². The van der Waals surface area contributed by atoms with E-state index in [2.05, 4.69) is 20.3 Å². The third kappa shape index (κ3) is 5.00. The molecule has 34 heavy (non-hydrogen) atoms. The highest BCUT2D eigenvalue weighted by Crippen LogP contribution is 2.32. The third-order valence-corrected chi connectivity index (χ3v) is 7.39. The number of nitrogens with one attached hydrogen (secondary N) is 3. The van der Waals surface area contributed by atoms with Crippen molar-refractivity contribution in [2.75, 3.05) is 47.8 Å².